The van der Waals surface area contributed by atoms with Crippen LogP contribution in [0.3, 0.4) is 0 Å². The van der Waals surface area contributed by atoms with Crippen molar-refractivity contribution >= 4 is 17.4 Å². The maximum atomic E-state index is 12.4. The zero-order valence-corrected chi connectivity index (χ0v) is 15.5. The molecule has 1 atom stereocenters. The van der Waals surface area contributed by atoms with Gasteiger partial charge in [0.1, 0.15) is 5.82 Å². The summed E-state index contributed by atoms with van der Waals surface area (Å²) < 4.78 is 0. The summed E-state index contributed by atoms with van der Waals surface area (Å²) in [6.07, 6.45) is 12.5. The molecule has 0 amide bonds. The quantitative estimate of drug-likeness (QED) is 0.593. The van der Waals surface area contributed by atoms with Crippen LogP contribution in [0.25, 0.3) is 0 Å². The lowest BCUT2D eigenvalue weighted by Gasteiger charge is -2.15. The molecule has 1 aromatic rings. The predicted molar refractivity (Wildman–Crippen MR) is 108 cm³/mol. The molecule has 0 fully saturated rings. The monoisotopic (exact) mass is 372 g/mol. The molecule has 0 aromatic carbocycles. The van der Waals surface area contributed by atoms with E-state index in [1.165, 1.54) is 5.57 Å². The SMILES string of the molecule is NCC/C=C1\CNC=C1Cc1ccc(NCC2C=CC(Cl)=CC2)[nH]c1=O. The van der Waals surface area contributed by atoms with E-state index in [4.69, 9.17) is 17.3 Å². The Labute approximate surface area is 158 Å². The number of hydrogen-bond acceptors (Lipinski definition) is 4. The fraction of sp³-hybridized carbons (Fsp3) is 0.350. The minimum atomic E-state index is -0.0527. The Balaban J connectivity index is 1.59. The maximum absolute atomic E-state index is 12.4. The molecular formula is C20H25ClN4O. The van der Waals surface area contributed by atoms with Gasteiger partial charge in [-0.2, -0.15) is 0 Å². The number of aromatic nitrogens is 1. The zero-order chi connectivity index (χ0) is 18.4. The van der Waals surface area contributed by atoms with Gasteiger partial charge in [-0.3, -0.25) is 4.79 Å². The van der Waals surface area contributed by atoms with Crippen LogP contribution >= 0.6 is 11.6 Å². The third kappa shape index (κ3) is 4.90. The second kappa shape index (κ2) is 8.92. The van der Waals surface area contributed by atoms with Gasteiger partial charge in [-0.05, 0) is 54.7 Å². The number of allylic oxidation sites excluding steroid dienone is 3. The van der Waals surface area contributed by atoms with Gasteiger partial charge < -0.3 is 21.4 Å². The number of nitrogens with one attached hydrogen (secondary N) is 3. The molecule has 1 aliphatic carbocycles. The second-order valence-corrected chi connectivity index (χ2v) is 7.02. The molecule has 0 radical (unpaired) electrons. The Hall–Kier alpha value is -2.24. The zero-order valence-electron chi connectivity index (χ0n) is 14.7. The summed E-state index contributed by atoms with van der Waals surface area (Å²) in [4.78, 5) is 15.4. The third-order valence-corrected chi connectivity index (χ3v) is 4.89. The maximum Gasteiger partial charge on any atom is 0.253 e. The van der Waals surface area contributed by atoms with Crippen LogP contribution in [0, 0.1) is 5.92 Å². The lowest BCUT2D eigenvalue weighted by Crippen LogP contribution is -2.19. The van der Waals surface area contributed by atoms with E-state index in [2.05, 4.69) is 27.8 Å². The predicted octanol–water partition coefficient (Wildman–Crippen LogP) is 2.79. The van der Waals surface area contributed by atoms with E-state index >= 15 is 0 Å². The number of nitrogens with two attached hydrogens (primary N) is 1. The highest BCUT2D eigenvalue weighted by molar-refractivity contribution is 6.31. The number of aromatic amines is 1. The molecule has 1 unspecified atom stereocenters. The standard InChI is InChI=1S/C20H25ClN4O/c21-18-6-3-14(4-7-18)11-24-19-8-5-15(20(26)25-19)10-17-13-23-12-16(17)2-1-9-22/h2-3,5-8,13-14,23H,1,4,9-12,22H2,(H2,24,25,26)/b16-2+. The van der Waals surface area contributed by atoms with Crippen molar-refractivity contribution in [2.24, 2.45) is 11.7 Å². The first-order valence-corrected chi connectivity index (χ1v) is 9.35. The molecule has 5 nitrogen and oxygen atoms in total. The van der Waals surface area contributed by atoms with Crippen molar-refractivity contribution in [2.75, 3.05) is 25.0 Å². The highest BCUT2D eigenvalue weighted by Crippen LogP contribution is 2.20. The minimum absolute atomic E-state index is 0.0527. The van der Waals surface area contributed by atoms with Crippen molar-refractivity contribution in [3.05, 3.63) is 74.7 Å². The Morgan fingerprint density at radius 1 is 1.38 bits per heavy atom. The van der Waals surface area contributed by atoms with E-state index in [1.54, 1.807) is 0 Å². The van der Waals surface area contributed by atoms with Gasteiger partial charge in [0.25, 0.3) is 5.56 Å². The fourth-order valence-corrected chi connectivity index (χ4v) is 3.26. The van der Waals surface area contributed by atoms with Crippen molar-refractivity contribution in [1.82, 2.24) is 10.3 Å². The van der Waals surface area contributed by atoms with Crippen LogP contribution in [-0.2, 0) is 6.42 Å². The van der Waals surface area contributed by atoms with E-state index in [1.807, 2.05) is 30.5 Å². The summed E-state index contributed by atoms with van der Waals surface area (Å²) in [5.74, 6) is 1.12. The number of anilines is 1. The lowest BCUT2D eigenvalue weighted by atomic mass is 10.0. The van der Waals surface area contributed by atoms with Gasteiger partial charge in [-0.15, -0.1) is 0 Å². The van der Waals surface area contributed by atoms with Crippen LogP contribution in [0.4, 0.5) is 5.82 Å². The second-order valence-electron chi connectivity index (χ2n) is 6.59. The molecule has 0 spiro atoms. The van der Waals surface area contributed by atoms with E-state index in [-0.39, 0.29) is 5.56 Å². The van der Waals surface area contributed by atoms with Crippen molar-refractivity contribution in [3.63, 3.8) is 0 Å². The Morgan fingerprint density at radius 3 is 3.00 bits per heavy atom. The Morgan fingerprint density at radius 2 is 2.27 bits per heavy atom. The topological polar surface area (TPSA) is 82.9 Å². The van der Waals surface area contributed by atoms with Gasteiger partial charge in [0.2, 0.25) is 0 Å². The summed E-state index contributed by atoms with van der Waals surface area (Å²) in [6, 6.07) is 3.83. The van der Waals surface area contributed by atoms with Crippen molar-refractivity contribution in [2.45, 2.75) is 19.3 Å². The Bertz CT molecular complexity index is 819. The van der Waals surface area contributed by atoms with E-state index in [9.17, 15) is 4.79 Å². The van der Waals surface area contributed by atoms with Crippen LogP contribution in [-0.4, -0.2) is 24.6 Å². The molecule has 0 saturated carbocycles. The molecule has 5 N–H and O–H groups in total. The number of pyridine rings is 1. The summed E-state index contributed by atoms with van der Waals surface area (Å²) >= 11 is 5.93. The van der Waals surface area contributed by atoms with Crippen molar-refractivity contribution in [3.8, 4) is 0 Å². The van der Waals surface area contributed by atoms with E-state index < -0.39 is 0 Å². The third-order valence-electron chi connectivity index (χ3n) is 4.61. The van der Waals surface area contributed by atoms with Gasteiger partial charge in [0, 0.05) is 36.3 Å². The van der Waals surface area contributed by atoms with E-state index in [0.717, 1.165) is 47.9 Å². The molecule has 6 heteroatoms. The molecule has 3 rings (SSSR count). The van der Waals surface area contributed by atoms with Crippen LogP contribution in [0.15, 0.2) is 63.6 Å². The molecule has 26 heavy (non-hydrogen) atoms. The highest BCUT2D eigenvalue weighted by Gasteiger charge is 2.14. The first-order valence-electron chi connectivity index (χ1n) is 8.97. The largest absolute Gasteiger partial charge is 0.387 e. The average Bonchev–Trinajstić information content (AvgIpc) is 3.08. The lowest BCUT2D eigenvalue weighted by molar-refractivity contribution is 0.689. The van der Waals surface area contributed by atoms with Crippen molar-refractivity contribution in [1.29, 1.82) is 0 Å². The number of rotatable bonds is 7. The minimum Gasteiger partial charge on any atom is -0.387 e. The van der Waals surface area contributed by atoms with Gasteiger partial charge >= 0.3 is 0 Å². The van der Waals surface area contributed by atoms with Gasteiger partial charge in [0.05, 0.1) is 0 Å². The van der Waals surface area contributed by atoms with Crippen LogP contribution in [0.2, 0.25) is 0 Å². The molecule has 2 aliphatic rings. The summed E-state index contributed by atoms with van der Waals surface area (Å²) in [5.41, 5.74) is 8.67. The molecule has 138 valence electrons. The molecular weight excluding hydrogens is 348 g/mol. The average molecular weight is 373 g/mol. The molecule has 1 aliphatic heterocycles. The summed E-state index contributed by atoms with van der Waals surface area (Å²) in [7, 11) is 0. The highest BCUT2D eigenvalue weighted by atomic mass is 35.5. The molecule has 0 bridgehead atoms. The number of H-pyrrole nitrogens is 1. The fourth-order valence-electron chi connectivity index (χ4n) is 3.10. The summed E-state index contributed by atoms with van der Waals surface area (Å²) in [5, 5.41) is 7.31. The smallest absolute Gasteiger partial charge is 0.253 e. The first kappa shape index (κ1) is 18.5. The molecule has 0 saturated heterocycles. The molecule has 1 aromatic heterocycles. The van der Waals surface area contributed by atoms with Crippen LogP contribution in [0.1, 0.15) is 18.4 Å². The van der Waals surface area contributed by atoms with Gasteiger partial charge in [0.15, 0.2) is 0 Å². The van der Waals surface area contributed by atoms with Crippen LogP contribution in [0.5, 0.6) is 0 Å². The molecule has 2 heterocycles. The van der Waals surface area contributed by atoms with E-state index in [0.29, 0.717) is 18.9 Å². The number of halogens is 1. The summed E-state index contributed by atoms with van der Waals surface area (Å²) in [6.45, 7) is 2.20. The first-order chi connectivity index (χ1) is 12.7. The van der Waals surface area contributed by atoms with Gasteiger partial charge in [-0.25, -0.2) is 0 Å². The van der Waals surface area contributed by atoms with Crippen LogP contribution < -0.4 is 21.9 Å². The Kier molecular flexibility index (Phi) is 6.36. The van der Waals surface area contributed by atoms with Crippen molar-refractivity contribution < 1.29 is 0 Å². The normalized spacial score (nSPS) is 20.7. The number of hydrogen-bond donors (Lipinski definition) is 4. The van der Waals surface area contributed by atoms with Gasteiger partial charge in [-0.1, -0.05) is 29.8 Å².